The summed E-state index contributed by atoms with van der Waals surface area (Å²) in [6.45, 7) is 5.18. The van der Waals surface area contributed by atoms with Gasteiger partial charge in [-0.15, -0.1) is 0 Å². The molecule has 1 atom stereocenters. The quantitative estimate of drug-likeness (QED) is 0.763. The predicted octanol–water partition coefficient (Wildman–Crippen LogP) is 1.57. The zero-order chi connectivity index (χ0) is 17.6. The van der Waals surface area contributed by atoms with Gasteiger partial charge in [0.25, 0.3) is 0 Å². The van der Waals surface area contributed by atoms with E-state index in [4.69, 9.17) is 9.84 Å². The summed E-state index contributed by atoms with van der Waals surface area (Å²) in [5, 5.41) is 13.9. The number of benzene rings is 1. The van der Waals surface area contributed by atoms with E-state index in [0.29, 0.717) is 0 Å². The number of carboxylic acid groups (broad SMARTS) is 1. The number of aromatic carboxylic acids is 1. The molecule has 1 aromatic rings. The fraction of sp³-hybridized carbons (Fsp3) is 0.438. The van der Waals surface area contributed by atoms with Crippen LogP contribution in [0.25, 0.3) is 0 Å². The predicted molar refractivity (Wildman–Crippen MR) is 84.3 cm³/mol. The molecule has 0 aliphatic rings. The molecule has 1 aromatic carbocycles. The topological polar surface area (TPSA) is 105 Å². The van der Waals surface area contributed by atoms with Gasteiger partial charge in [0.1, 0.15) is 11.6 Å². The maximum atomic E-state index is 11.9. The SMILES string of the molecule is CNC(=O)[C@@H](Cc1ccc(C(=O)O)cc1)NC(=O)OC(C)(C)C. The van der Waals surface area contributed by atoms with E-state index in [0.717, 1.165) is 5.56 Å². The first-order valence-electron chi connectivity index (χ1n) is 7.15. The lowest BCUT2D eigenvalue weighted by molar-refractivity contribution is -0.122. The number of hydrogen-bond donors (Lipinski definition) is 3. The average Bonchev–Trinajstić information content (AvgIpc) is 2.44. The molecule has 0 fully saturated rings. The largest absolute Gasteiger partial charge is 0.478 e. The lowest BCUT2D eigenvalue weighted by atomic mass is 10.0. The molecule has 1 rings (SSSR count). The summed E-state index contributed by atoms with van der Waals surface area (Å²) in [7, 11) is 1.47. The Bertz CT molecular complexity index is 575. The zero-order valence-electron chi connectivity index (χ0n) is 13.7. The van der Waals surface area contributed by atoms with Crippen molar-refractivity contribution in [3.63, 3.8) is 0 Å². The molecular formula is C16H22N2O5. The molecule has 0 unspecified atom stereocenters. The second-order valence-corrected chi connectivity index (χ2v) is 6.02. The Morgan fingerprint density at radius 2 is 1.74 bits per heavy atom. The number of carboxylic acids is 1. The smallest absolute Gasteiger partial charge is 0.408 e. The highest BCUT2D eigenvalue weighted by molar-refractivity contribution is 5.88. The monoisotopic (exact) mass is 322 g/mol. The van der Waals surface area contributed by atoms with Crippen molar-refractivity contribution >= 4 is 18.0 Å². The van der Waals surface area contributed by atoms with Gasteiger partial charge in [-0.05, 0) is 38.5 Å². The van der Waals surface area contributed by atoms with Gasteiger partial charge >= 0.3 is 12.1 Å². The second kappa shape index (κ2) is 7.62. The molecule has 0 aliphatic carbocycles. The van der Waals surface area contributed by atoms with Crippen molar-refractivity contribution in [3.8, 4) is 0 Å². The molecular weight excluding hydrogens is 300 g/mol. The van der Waals surface area contributed by atoms with E-state index in [1.165, 1.54) is 19.2 Å². The molecule has 3 N–H and O–H groups in total. The van der Waals surface area contributed by atoms with Crippen LogP contribution in [0.5, 0.6) is 0 Å². The molecule has 0 radical (unpaired) electrons. The maximum Gasteiger partial charge on any atom is 0.408 e. The number of nitrogens with one attached hydrogen (secondary N) is 2. The van der Waals surface area contributed by atoms with Crippen molar-refractivity contribution in [1.82, 2.24) is 10.6 Å². The summed E-state index contributed by atoms with van der Waals surface area (Å²) in [6.07, 6.45) is -0.466. The van der Waals surface area contributed by atoms with Gasteiger partial charge in [-0.1, -0.05) is 12.1 Å². The van der Waals surface area contributed by atoms with Crippen molar-refractivity contribution in [2.24, 2.45) is 0 Å². The molecule has 0 bridgehead atoms. The minimum atomic E-state index is -1.02. The van der Waals surface area contributed by atoms with E-state index in [1.54, 1.807) is 32.9 Å². The summed E-state index contributed by atoms with van der Waals surface area (Å²) >= 11 is 0. The molecule has 0 aliphatic heterocycles. The lowest BCUT2D eigenvalue weighted by Crippen LogP contribution is -2.48. The molecule has 23 heavy (non-hydrogen) atoms. The Labute approximate surface area is 135 Å². The number of amides is 2. The van der Waals surface area contributed by atoms with Crippen LogP contribution in [0.2, 0.25) is 0 Å². The number of rotatable bonds is 5. The van der Waals surface area contributed by atoms with Crippen molar-refractivity contribution in [2.75, 3.05) is 7.05 Å². The minimum absolute atomic E-state index is 0.158. The van der Waals surface area contributed by atoms with Gasteiger partial charge in [-0.25, -0.2) is 9.59 Å². The van der Waals surface area contributed by atoms with E-state index >= 15 is 0 Å². The summed E-state index contributed by atoms with van der Waals surface area (Å²) in [6, 6.07) is 5.30. The van der Waals surface area contributed by atoms with Gasteiger partial charge < -0.3 is 20.5 Å². The molecule has 7 heteroatoms. The van der Waals surface area contributed by atoms with Crippen LogP contribution in [0, 0.1) is 0 Å². The number of likely N-dealkylation sites (N-methyl/N-ethyl adjacent to an activating group) is 1. The van der Waals surface area contributed by atoms with Crippen molar-refractivity contribution in [1.29, 1.82) is 0 Å². The summed E-state index contributed by atoms with van der Waals surface area (Å²) in [4.78, 5) is 34.6. The molecule has 0 saturated heterocycles. The lowest BCUT2D eigenvalue weighted by Gasteiger charge is -2.23. The second-order valence-electron chi connectivity index (χ2n) is 6.02. The molecule has 2 amide bonds. The van der Waals surface area contributed by atoms with Crippen LogP contribution in [0.3, 0.4) is 0 Å². The highest BCUT2D eigenvalue weighted by Crippen LogP contribution is 2.10. The standard InChI is InChI=1S/C16H22N2O5/c1-16(2,3)23-15(22)18-12(13(19)17-4)9-10-5-7-11(8-6-10)14(20)21/h5-8,12H,9H2,1-4H3,(H,17,19)(H,18,22)(H,20,21)/t12-/m1/s1. The van der Waals surface area contributed by atoms with Crippen LogP contribution in [0.1, 0.15) is 36.7 Å². The van der Waals surface area contributed by atoms with Crippen molar-refractivity contribution in [3.05, 3.63) is 35.4 Å². The van der Waals surface area contributed by atoms with Crippen LogP contribution in [-0.4, -0.2) is 41.8 Å². The Morgan fingerprint density at radius 1 is 1.17 bits per heavy atom. The van der Waals surface area contributed by atoms with Crippen molar-refractivity contribution < 1.29 is 24.2 Å². The molecule has 0 saturated carbocycles. The Balaban J connectivity index is 2.80. The van der Waals surface area contributed by atoms with E-state index < -0.39 is 23.7 Å². The third-order valence-corrected chi connectivity index (χ3v) is 2.89. The highest BCUT2D eigenvalue weighted by atomic mass is 16.6. The number of hydrogen-bond acceptors (Lipinski definition) is 4. The van der Waals surface area contributed by atoms with Gasteiger partial charge in [0.15, 0.2) is 0 Å². The first kappa shape index (κ1) is 18.5. The van der Waals surface area contributed by atoms with Gasteiger partial charge in [0.2, 0.25) is 5.91 Å². The van der Waals surface area contributed by atoms with Gasteiger partial charge in [0.05, 0.1) is 5.56 Å². The Morgan fingerprint density at radius 3 is 2.17 bits per heavy atom. The zero-order valence-corrected chi connectivity index (χ0v) is 13.7. The highest BCUT2D eigenvalue weighted by Gasteiger charge is 2.24. The van der Waals surface area contributed by atoms with Gasteiger partial charge in [-0.2, -0.15) is 0 Å². The van der Waals surface area contributed by atoms with Crippen LogP contribution in [0.4, 0.5) is 4.79 Å². The number of ether oxygens (including phenoxy) is 1. The first-order valence-corrected chi connectivity index (χ1v) is 7.15. The van der Waals surface area contributed by atoms with Crippen LogP contribution in [0.15, 0.2) is 24.3 Å². The van der Waals surface area contributed by atoms with Gasteiger partial charge in [-0.3, -0.25) is 4.79 Å². The molecule has 0 heterocycles. The van der Waals surface area contributed by atoms with Crippen LogP contribution >= 0.6 is 0 Å². The first-order chi connectivity index (χ1) is 10.6. The van der Waals surface area contributed by atoms with E-state index in [-0.39, 0.29) is 17.9 Å². The normalized spacial score (nSPS) is 12.2. The summed E-state index contributed by atoms with van der Waals surface area (Å²) in [5.74, 6) is -1.38. The molecule has 0 spiro atoms. The minimum Gasteiger partial charge on any atom is -0.478 e. The fourth-order valence-corrected chi connectivity index (χ4v) is 1.85. The van der Waals surface area contributed by atoms with E-state index in [2.05, 4.69) is 10.6 Å². The molecule has 126 valence electrons. The molecule has 7 nitrogen and oxygen atoms in total. The maximum absolute atomic E-state index is 11.9. The number of carbonyl (C=O) groups is 3. The summed E-state index contributed by atoms with van der Waals surface area (Å²) < 4.78 is 5.14. The number of alkyl carbamates (subject to hydrolysis) is 1. The fourth-order valence-electron chi connectivity index (χ4n) is 1.85. The van der Waals surface area contributed by atoms with Crippen LogP contribution < -0.4 is 10.6 Å². The van der Waals surface area contributed by atoms with Crippen molar-refractivity contribution in [2.45, 2.75) is 38.8 Å². The Hall–Kier alpha value is -2.57. The summed E-state index contributed by atoms with van der Waals surface area (Å²) in [5.41, 5.74) is 0.213. The Kier molecular flexibility index (Phi) is 6.12. The molecule has 0 aromatic heterocycles. The van der Waals surface area contributed by atoms with Crippen LogP contribution in [-0.2, 0) is 16.0 Å². The van der Waals surface area contributed by atoms with E-state index in [9.17, 15) is 14.4 Å². The van der Waals surface area contributed by atoms with E-state index in [1.807, 2.05) is 0 Å². The third kappa shape index (κ3) is 6.37. The third-order valence-electron chi connectivity index (χ3n) is 2.89. The van der Waals surface area contributed by atoms with Gasteiger partial charge in [0, 0.05) is 13.5 Å². The number of carbonyl (C=O) groups excluding carboxylic acids is 2. The average molecular weight is 322 g/mol.